The predicted molar refractivity (Wildman–Crippen MR) is 88.0 cm³/mol. The standard InChI is InChI=1S/C17H19F2N5O/c1-3-6-24-17(20-16(22-24)15(25)4-2)14-5-7-23(21-14)13-9-11(18)8-12(19)10-13/h5,7-10,15,25H,3-4,6H2,1-2H3. The Kier molecular flexibility index (Phi) is 4.89. The normalized spacial score (nSPS) is 12.5. The summed E-state index contributed by atoms with van der Waals surface area (Å²) in [5.41, 5.74) is 0.791. The average molecular weight is 347 g/mol. The van der Waals surface area contributed by atoms with E-state index in [1.54, 1.807) is 16.9 Å². The molecule has 8 heteroatoms. The number of halogens is 2. The molecule has 2 aromatic heterocycles. The highest BCUT2D eigenvalue weighted by Crippen LogP contribution is 2.21. The molecule has 0 saturated carbocycles. The summed E-state index contributed by atoms with van der Waals surface area (Å²) in [6, 6.07) is 4.90. The van der Waals surface area contributed by atoms with Gasteiger partial charge in [-0.15, -0.1) is 0 Å². The van der Waals surface area contributed by atoms with Crippen LogP contribution in [-0.4, -0.2) is 29.7 Å². The van der Waals surface area contributed by atoms with Crippen molar-refractivity contribution >= 4 is 0 Å². The highest BCUT2D eigenvalue weighted by Gasteiger charge is 2.18. The van der Waals surface area contributed by atoms with Crippen LogP contribution in [0.4, 0.5) is 8.78 Å². The van der Waals surface area contributed by atoms with E-state index in [1.807, 2.05) is 13.8 Å². The Bertz CT molecular complexity index is 854. The largest absolute Gasteiger partial charge is 0.385 e. The van der Waals surface area contributed by atoms with Gasteiger partial charge in [0.2, 0.25) is 0 Å². The zero-order chi connectivity index (χ0) is 18.0. The summed E-state index contributed by atoms with van der Waals surface area (Å²) >= 11 is 0. The summed E-state index contributed by atoms with van der Waals surface area (Å²) < 4.78 is 29.9. The molecule has 1 atom stereocenters. The third kappa shape index (κ3) is 3.58. The van der Waals surface area contributed by atoms with Gasteiger partial charge in [-0.05, 0) is 31.0 Å². The summed E-state index contributed by atoms with van der Waals surface area (Å²) in [5, 5.41) is 18.7. The molecule has 0 fully saturated rings. The van der Waals surface area contributed by atoms with Crippen LogP contribution in [-0.2, 0) is 6.54 Å². The zero-order valence-electron chi connectivity index (χ0n) is 14.0. The van der Waals surface area contributed by atoms with E-state index in [0.717, 1.165) is 12.5 Å². The van der Waals surface area contributed by atoms with Crippen LogP contribution in [0, 0.1) is 11.6 Å². The van der Waals surface area contributed by atoms with Crippen LogP contribution < -0.4 is 0 Å². The van der Waals surface area contributed by atoms with Crippen LogP contribution in [0.5, 0.6) is 0 Å². The van der Waals surface area contributed by atoms with Crippen LogP contribution in [0.25, 0.3) is 17.2 Å². The summed E-state index contributed by atoms with van der Waals surface area (Å²) in [4.78, 5) is 4.39. The number of benzene rings is 1. The van der Waals surface area contributed by atoms with Crippen molar-refractivity contribution in [1.29, 1.82) is 0 Å². The monoisotopic (exact) mass is 347 g/mol. The zero-order valence-corrected chi connectivity index (χ0v) is 14.0. The minimum absolute atomic E-state index is 0.277. The molecular weight excluding hydrogens is 328 g/mol. The topological polar surface area (TPSA) is 68.8 Å². The lowest BCUT2D eigenvalue weighted by Crippen LogP contribution is -2.04. The number of aryl methyl sites for hydroxylation is 1. The molecule has 1 unspecified atom stereocenters. The van der Waals surface area contributed by atoms with Crippen LogP contribution >= 0.6 is 0 Å². The quantitative estimate of drug-likeness (QED) is 0.743. The molecule has 1 N–H and O–H groups in total. The number of aromatic nitrogens is 5. The number of hydrogen-bond acceptors (Lipinski definition) is 4. The van der Waals surface area contributed by atoms with E-state index in [4.69, 9.17) is 0 Å². The van der Waals surface area contributed by atoms with Gasteiger partial charge < -0.3 is 5.11 Å². The van der Waals surface area contributed by atoms with E-state index in [2.05, 4.69) is 15.2 Å². The summed E-state index contributed by atoms with van der Waals surface area (Å²) in [5.74, 6) is -0.485. The Morgan fingerprint density at radius 3 is 2.48 bits per heavy atom. The van der Waals surface area contributed by atoms with Crippen LogP contribution in [0.3, 0.4) is 0 Å². The van der Waals surface area contributed by atoms with Crippen molar-refractivity contribution in [3.8, 4) is 17.2 Å². The molecule has 3 aromatic rings. The molecule has 2 heterocycles. The molecule has 0 aliphatic heterocycles. The molecule has 0 radical (unpaired) electrons. The van der Waals surface area contributed by atoms with Gasteiger partial charge in [0.1, 0.15) is 23.4 Å². The van der Waals surface area contributed by atoms with Crippen molar-refractivity contribution in [1.82, 2.24) is 24.5 Å². The number of aliphatic hydroxyl groups is 1. The molecular formula is C17H19F2N5O. The number of hydrogen-bond donors (Lipinski definition) is 1. The Morgan fingerprint density at radius 2 is 1.84 bits per heavy atom. The lowest BCUT2D eigenvalue weighted by Gasteiger charge is -2.03. The molecule has 0 bridgehead atoms. The number of aliphatic hydroxyl groups excluding tert-OH is 1. The molecule has 0 amide bonds. The van der Waals surface area contributed by atoms with Crippen molar-refractivity contribution in [3.63, 3.8) is 0 Å². The summed E-state index contributed by atoms with van der Waals surface area (Å²) in [6.45, 7) is 4.48. The molecule has 132 valence electrons. The first kappa shape index (κ1) is 17.2. The van der Waals surface area contributed by atoms with Gasteiger partial charge in [-0.2, -0.15) is 10.2 Å². The van der Waals surface area contributed by atoms with Crippen LogP contribution in [0.2, 0.25) is 0 Å². The van der Waals surface area contributed by atoms with Crippen LogP contribution in [0.15, 0.2) is 30.5 Å². The lowest BCUT2D eigenvalue weighted by atomic mass is 10.3. The van der Waals surface area contributed by atoms with Crippen molar-refractivity contribution < 1.29 is 13.9 Å². The minimum Gasteiger partial charge on any atom is -0.385 e. The number of nitrogens with zero attached hydrogens (tertiary/aromatic N) is 5. The maximum Gasteiger partial charge on any atom is 0.179 e. The molecule has 0 saturated heterocycles. The van der Waals surface area contributed by atoms with Gasteiger partial charge in [0, 0.05) is 18.8 Å². The number of rotatable bonds is 6. The molecule has 25 heavy (non-hydrogen) atoms. The van der Waals surface area contributed by atoms with E-state index in [0.29, 0.717) is 30.3 Å². The maximum atomic E-state index is 13.4. The summed E-state index contributed by atoms with van der Waals surface area (Å²) in [6.07, 6.45) is 2.21. The molecule has 0 aliphatic carbocycles. The first-order valence-electron chi connectivity index (χ1n) is 8.17. The highest BCUT2D eigenvalue weighted by atomic mass is 19.1. The van der Waals surface area contributed by atoms with E-state index >= 15 is 0 Å². The first-order chi connectivity index (χ1) is 12.0. The Balaban J connectivity index is 2.00. The van der Waals surface area contributed by atoms with Gasteiger partial charge >= 0.3 is 0 Å². The lowest BCUT2D eigenvalue weighted by molar-refractivity contribution is 0.163. The van der Waals surface area contributed by atoms with Crippen LogP contribution in [0.1, 0.15) is 38.6 Å². The van der Waals surface area contributed by atoms with E-state index in [9.17, 15) is 13.9 Å². The second-order valence-electron chi connectivity index (χ2n) is 5.71. The fourth-order valence-corrected chi connectivity index (χ4v) is 2.50. The van der Waals surface area contributed by atoms with Gasteiger partial charge in [-0.25, -0.2) is 23.1 Å². The Labute approximate surface area is 143 Å². The maximum absolute atomic E-state index is 13.4. The SMILES string of the molecule is CCCn1nc(C(O)CC)nc1-c1ccn(-c2cc(F)cc(F)c2)n1. The first-order valence-corrected chi connectivity index (χ1v) is 8.17. The predicted octanol–water partition coefficient (Wildman–Crippen LogP) is 3.26. The second-order valence-corrected chi connectivity index (χ2v) is 5.71. The molecule has 1 aromatic carbocycles. The minimum atomic E-state index is -0.740. The smallest absolute Gasteiger partial charge is 0.179 e. The molecule has 6 nitrogen and oxygen atoms in total. The van der Waals surface area contributed by atoms with Crippen molar-refractivity contribution in [3.05, 3.63) is 47.9 Å². The molecule has 0 spiro atoms. The van der Waals surface area contributed by atoms with Crippen molar-refractivity contribution in [2.45, 2.75) is 39.3 Å². The summed E-state index contributed by atoms with van der Waals surface area (Å²) in [7, 11) is 0. The molecule has 0 aliphatic rings. The van der Waals surface area contributed by atoms with E-state index < -0.39 is 17.7 Å². The average Bonchev–Trinajstić information content (AvgIpc) is 3.20. The van der Waals surface area contributed by atoms with Gasteiger partial charge in [0.25, 0.3) is 0 Å². The van der Waals surface area contributed by atoms with E-state index in [1.165, 1.54) is 16.8 Å². The van der Waals surface area contributed by atoms with Gasteiger partial charge in [-0.1, -0.05) is 13.8 Å². The van der Waals surface area contributed by atoms with Gasteiger partial charge in [-0.3, -0.25) is 0 Å². The third-order valence-corrected chi connectivity index (χ3v) is 3.74. The van der Waals surface area contributed by atoms with Crippen molar-refractivity contribution in [2.24, 2.45) is 0 Å². The fourth-order valence-electron chi connectivity index (χ4n) is 2.50. The Morgan fingerprint density at radius 1 is 1.12 bits per heavy atom. The molecule has 3 rings (SSSR count). The third-order valence-electron chi connectivity index (χ3n) is 3.74. The Hall–Kier alpha value is -2.61. The van der Waals surface area contributed by atoms with Gasteiger partial charge in [0.05, 0.1) is 5.69 Å². The fraction of sp³-hybridized carbons (Fsp3) is 0.353. The second kappa shape index (κ2) is 7.10. The highest BCUT2D eigenvalue weighted by molar-refractivity contribution is 5.50. The van der Waals surface area contributed by atoms with Crippen molar-refractivity contribution in [2.75, 3.05) is 0 Å². The van der Waals surface area contributed by atoms with Gasteiger partial charge in [0.15, 0.2) is 11.6 Å². The van der Waals surface area contributed by atoms with E-state index in [-0.39, 0.29) is 5.69 Å².